The van der Waals surface area contributed by atoms with Crippen molar-refractivity contribution in [3.05, 3.63) is 53.3 Å². The SMILES string of the molecule is Cc1ccc(-c2nc3ccc(F)cc3[nH]2)cc1C. The van der Waals surface area contributed by atoms with Crippen molar-refractivity contribution in [2.75, 3.05) is 0 Å². The molecule has 0 spiro atoms. The van der Waals surface area contributed by atoms with Crippen molar-refractivity contribution in [1.29, 1.82) is 0 Å². The number of aromatic amines is 1. The number of hydrogen-bond donors (Lipinski definition) is 1. The first-order valence-electron chi connectivity index (χ1n) is 5.86. The number of hydrogen-bond acceptors (Lipinski definition) is 1. The van der Waals surface area contributed by atoms with Crippen molar-refractivity contribution in [1.82, 2.24) is 9.97 Å². The molecule has 0 saturated heterocycles. The molecule has 3 heteroatoms. The predicted octanol–water partition coefficient (Wildman–Crippen LogP) is 3.99. The summed E-state index contributed by atoms with van der Waals surface area (Å²) in [6.07, 6.45) is 0. The lowest BCUT2D eigenvalue weighted by molar-refractivity contribution is 0.629. The summed E-state index contributed by atoms with van der Waals surface area (Å²) in [5.74, 6) is 0.525. The summed E-state index contributed by atoms with van der Waals surface area (Å²) in [6.45, 7) is 4.15. The standard InChI is InChI=1S/C15H13FN2/c1-9-3-4-11(7-10(9)2)15-17-13-6-5-12(16)8-14(13)18-15/h3-8H,1-2H3,(H,17,18). The van der Waals surface area contributed by atoms with E-state index in [9.17, 15) is 4.39 Å². The highest BCUT2D eigenvalue weighted by Gasteiger charge is 2.06. The van der Waals surface area contributed by atoms with E-state index >= 15 is 0 Å². The Morgan fingerprint density at radius 2 is 1.83 bits per heavy atom. The largest absolute Gasteiger partial charge is 0.338 e. The number of benzene rings is 2. The Hall–Kier alpha value is -2.16. The van der Waals surface area contributed by atoms with E-state index in [1.165, 1.54) is 23.3 Å². The number of aryl methyl sites for hydroxylation is 2. The molecule has 2 aromatic carbocycles. The number of nitrogens with zero attached hydrogens (tertiary/aromatic N) is 1. The highest BCUT2D eigenvalue weighted by Crippen LogP contribution is 2.22. The summed E-state index contributed by atoms with van der Waals surface area (Å²) >= 11 is 0. The van der Waals surface area contributed by atoms with E-state index in [4.69, 9.17) is 0 Å². The van der Waals surface area contributed by atoms with Gasteiger partial charge in [0, 0.05) is 5.56 Å². The number of fused-ring (bicyclic) bond motifs is 1. The Bertz CT molecular complexity index is 728. The van der Waals surface area contributed by atoms with Crippen LogP contribution in [0.3, 0.4) is 0 Å². The van der Waals surface area contributed by atoms with E-state index in [1.54, 1.807) is 6.07 Å². The van der Waals surface area contributed by atoms with Gasteiger partial charge in [-0.15, -0.1) is 0 Å². The third kappa shape index (κ3) is 1.78. The average molecular weight is 240 g/mol. The monoisotopic (exact) mass is 240 g/mol. The van der Waals surface area contributed by atoms with E-state index in [2.05, 4.69) is 35.9 Å². The predicted molar refractivity (Wildman–Crippen MR) is 71.0 cm³/mol. The van der Waals surface area contributed by atoms with Crippen LogP contribution >= 0.6 is 0 Å². The maximum Gasteiger partial charge on any atom is 0.138 e. The average Bonchev–Trinajstić information content (AvgIpc) is 2.75. The van der Waals surface area contributed by atoms with Crippen LogP contribution in [0.2, 0.25) is 0 Å². The lowest BCUT2D eigenvalue weighted by atomic mass is 10.1. The molecule has 0 fully saturated rings. The van der Waals surface area contributed by atoms with Crippen LogP contribution in [0.15, 0.2) is 36.4 Å². The first-order valence-corrected chi connectivity index (χ1v) is 5.86. The van der Waals surface area contributed by atoms with Gasteiger partial charge in [-0.2, -0.15) is 0 Å². The van der Waals surface area contributed by atoms with Crippen molar-refractivity contribution in [2.24, 2.45) is 0 Å². The third-order valence-corrected chi connectivity index (χ3v) is 3.22. The molecule has 0 aliphatic rings. The van der Waals surface area contributed by atoms with Crippen LogP contribution in [0, 0.1) is 19.7 Å². The number of H-pyrrole nitrogens is 1. The van der Waals surface area contributed by atoms with Gasteiger partial charge in [-0.1, -0.05) is 12.1 Å². The van der Waals surface area contributed by atoms with Gasteiger partial charge in [0.25, 0.3) is 0 Å². The molecule has 0 bridgehead atoms. The van der Waals surface area contributed by atoms with Gasteiger partial charge in [0.05, 0.1) is 11.0 Å². The van der Waals surface area contributed by atoms with Gasteiger partial charge < -0.3 is 4.98 Å². The Labute approximate surface area is 104 Å². The molecule has 3 aromatic rings. The van der Waals surface area contributed by atoms with Crippen LogP contribution in [0.25, 0.3) is 22.4 Å². The van der Waals surface area contributed by atoms with Gasteiger partial charge in [-0.3, -0.25) is 0 Å². The molecular weight excluding hydrogens is 227 g/mol. The normalized spacial score (nSPS) is 11.1. The van der Waals surface area contributed by atoms with Crippen LogP contribution in [0.4, 0.5) is 4.39 Å². The molecule has 1 aromatic heterocycles. The second-order valence-electron chi connectivity index (χ2n) is 4.55. The lowest BCUT2D eigenvalue weighted by Gasteiger charge is -2.02. The molecule has 18 heavy (non-hydrogen) atoms. The van der Waals surface area contributed by atoms with Gasteiger partial charge >= 0.3 is 0 Å². The van der Waals surface area contributed by atoms with Crippen molar-refractivity contribution in [3.8, 4) is 11.4 Å². The van der Waals surface area contributed by atoms with Crippen molar-refractivity contribution in [3.63, 3.8) is 0 Å². The maximum atomic E-state index is 13.1. The second-order valence-corrected chi connectivity index (χ2v) is 4.55. The molecule has 2 nitrogen and oxygen atoms in total. The van der Waals surface area contributed by atoms with Crippen LogP contribution < -0.4 is 0 Å². The molecule has 90 valence electrons. The molecule has 0 aliphatic carbocycles. The maximum absolute atomic E-state index is 13.1. The molecular formula is C15H13FN2. The number of nitrogens with one attached hydrogen (secondary N) is 1. The summed E-state index contributed by atoms with van der Waals surface area (Å²) in [4.78, 5) is 7.62. The fourth-order valence-electron chi connectivity index (χ4n) is 2.01. The number of halogens is 1. The topological polar surface area (TPSA) is 28.7 Å². The quantitative estimate of drug-likeness (QED) is 0.684. The van der Waals surface area contributed by atoms with Crippen LogP contribution in [0.5, 0.6) is 0 Å². The Morgan fingerprint density at radius 1 is 1.00 bits per heavy atom. The molecule has 0 saturated carbocycles. The first-order chi connectivity index (χ1) is 8.63. The minimum atomic E-state index is -0.252. The van der Waals surface area contributed by atoms with E-state index in [-0.39, 0.29) is 5.82 Å². The van der Waals surface area contributed by atoms with Crippen molar-refractivity contribution >= 4 is 11.0 Å². The van der Waals surface area contributed by atoms with Crippen LogP contribution in [-0.2, 0) is 0 Å². The fourth-order valence-corrected chi connectivity index (χ4v) is 2.01. The molecule has 3 rings (SSSR count). The summed E-state index contributed by atoms with van der Waals surface area (Å²) in [5.41, 5.74) is 5.00. The molecule has 0 aliphatic heterocycles. The Balaban J connectivity index is 2.16. The highest BCUT2D eigenvalue weighted by molar-refractivity contribution is 5.79. The third-order valence-electron chi connectivity index (χ3n) is 3.22. The molecule has 0 unspecified atom stereocenters. The number of imidazole rings is 1. The summed E-state index contributed by atoms with van der Waals surface area (Å²) in [7, 11) is 0. The van der Waals surface area contributed by atoms with E-state index in [0.29, 0.717) is 0 Å². The van der Waals surface area contributed by atoms with Gasteiger partial charge in [-0.05, 0) is 49.2 Å². The fraction of sp³-hybridized carbons (Fsp3) is 0.133. The van der Waals surface area contributed by atoms with E-state index < -0.39 is 0 Å². The summed E-state index contributed by atoms with van der Waals surface area (Å²) < 4.78 is 13.1. The minimum Gasteiger partial charge on any atom is -0.338 e. The van der Waals surface area contributed by atoms with Crippen LogP contribution in [-0.4, -0.2) is 9.97 Å². The Morgan fingerprint density at radius 3 is 2.61 bits per heavy atom. The molecule has 0 atom stereocenters. The molecule has 0 amide bonds. The first kappa shape index (κ1) is 11.0. The number of aromatic nitrogens is 2. The highest BCUT2D eigenvalue weighted by atomic mass is 19.1. The van der Waals surface area contributed by atoms with Crippen LogP contribution in [0.1, 0.15) is 11.1 Å². The van der Waals surface area contributed by atoms with Crippen molar-refractivity contribution < 1.29 is 4.39 Å². The van der Waals surface area contributed by atoms with Gasteiger partial charge in [0.2, 0.25) is 0 Å². The van der Waals surface area contributed by atoms with Gasteiger partial charge in [-0.25, -0.2) is 9.37 Å². The summed E-state index contributed by atoms with van der Waals surface area (Å²) in [6, 6.07) is 10.8. The van der Waals surface area contributed by atoms with E-state index in [0.717, 1.165) is 22.4 Å². The Kier molecular flexibility index (Phi) is 2.40. The zero-order chi connectivity index (χ0) is 12.7. The zero-order valence-corrected chi connectivity index (χ0v) is 10.3. The molecule has 1 N–H and O–H groups in total. The van der Waals surface area contributed by atoms with Crippen molar-refractivity contribution in [2.45, 2.75) is 13.8 Å². The van der Waals surface area contributed by atoms with E-state index in [1.807, 2.05) is 6.07 Å². The zero-order valence-electron chi connectivity index (χ0n) is 10.3. The lowest BCUT2D eigenvalue weighted by Crippen LogP contribution is -1.84. The number of rotatable bonds is 1. The second kappa shape index (κ2) is 3.95. The smallest absolute Gasteiger partial charge is 0.138 e. The molecule has 1 heterocycles. The van der Waals surface area contributed by atoms with Gasteiger partial charge in [0.1, 0.15) is 11.6 Å². The minimum absolute atomic E-state index is 0.252. The summed E-state index contributed by atoms with van der Waals surface area (Å²) in [5, 5.41) is 0. The molecule has 0 radical (unpaired) electrons. The van der Waals surface area contributed by atoms with Gasteiger partial charge in [0.15, 0.2) is 0 Å².